The Kier molecular flexibility index (Phi) is 5.77. The molecule has 1 heterocycles. The molecule has 2 rings (SSSR count). The van der Waals surface area contributed by atoms with Gasteiger partial charge in [0.2, 0.25) is 5.91 Å². The van der Waals surface area contributed by atoms with Crippen LogP contribution in [0.2, 0.25) is 0 Å². The summed E-state index contributed by atoms with van der Waals surface area (Å²) >= 11 is 0. The fourth-order valence-electron chi connectivity index (χ4n) is 2.89. The summed E-state index contributed by atoms with van der Waals surface area (Å²) in [6.07, 6.45) is 2.45. The highest BCUT2D eigenvalue weighted by Crippen LogP contribution is 2.29. The molecule has 0 aliphatic carbocycles. The van der Waals surface area contributed by atoms with Crippen LogP contribution in [0.3, 0.4) is 0 Å². The Labute approximate surface area is 131 Å². The van der Waals surface area contributed by atoms with Crippen LogP contribution in [0.25, 0.3) is 0 Å². The third-order valence-corrected chi connectivity index (χ3v) is 4.12. The molecule has 1 amide bonds. The van der Waals surface area contributed by atoms with E-state index in [-0.39, 0.29) is 23.9 Å². The quantitative estimate of drug-likeness (QED) is 0.879. The molecule has 0 saturated carbocycles. The van der Waals surface area contributed by atoms with Crippen LogP contribution >= 0.6 is 0 Å². The summed E-state index contributed by atoms with van der Waals surface area (Å²) in [6.45, 7) is 5.33. The first-order valence-corrected chi connectivity index (χ1v) is 8.03. The Morgan fingerprint density at radius 2 is 2.14 bits per heavy atom. The highest BCUT2D eigenvalue weighted by molar-refractivity contribution is 5.76. The van der Waals surface area contributed by atoms with Gasteiger partial charge in [0.1, 0.15) is 5.82 Å². The molecule has 0 bridgehead atoms. The van der Waals surface area contributed by atoms with Gasteiger partial charge in [-0.15, -0.1) is 0 Å². The fraction of sp³-hybridized carbons (Fsp3) is 0.588. The molecule has 1 atom stereocenters. The summed E-state index contributed by atoms with van der Waals surface area (Å²) in [5.74, 6) is -0.313. The SMILES string of the molecule is CCCC(=O)NC(C)c1cc(F)ccc1N1CCC(O)CC1. The Bertz CT molecular complexity index is 513. The predicted molar refractivity (Wildman–Crippen MR) is 85.3 cm³/mol. The van der Waals surface area contributed by atoms with Crippen LogP contribution in [0.5, 0.6) is 0 Å². The van der Waals surface area contributed by atoms with Gasteiger partial charge in [0.25, 0.3) is 0 Å². The summed E-state index contributed by atoms with van der Waals surface area (Å²) in [6, 6.07) is 4.48. The smallest absolute Gasteiger partial charge is 0.220 e. The van der Waals surface area contributed by atoms with Gasteiger partial charge >= 0.3 is 0 Å². The average molecular weight is 308 g/mol. The zero-order valence-corrected chi connectivity index (χ0v) is 13.3. The number of hydrogen-bond donors (Lipinski definition) is 2. The number of benzene rings is 1. The molecule has 1 fully saturated rings. The minimum atomic E-state index is -0.299. The molecular weight excluding hydrogens is 283 g/mol. The van der Waals surface area contributed by atoms with Crippen LogP contribution in [0, 0.1) is 5.82 Å². The second-order valence-corrected chi connectivity index (χ2v) is 5.96. The normalized spacial score (nSPS) is 17.4. The van der Waals surface area contributed by atoms with Crippen molar-refractivity contribution in [1.82, 2.24) is 5.32 Å². The zero-order chi connectivity index (χ0) is 16.1. The van der Waals surface area contributed by atoms with Crippen LogP contribution in [-0.2, 0) is 4.79 Å². The number of carbonyl (C=O) groups excluding carboxylic acids is 1. The number of rotatable bonds is 5. The van der Waals surface area contributed by atoms with E-state index in [1.54, 1.807) is 6.07 Å². The Morgan fingerprint density at radius 3 is 2.77 bits per heavy atom. The lowest BCUT2D eigenvalue weighted by Gasteiger charge is -2.34. The first-order valence-electron chi connectivity index (χ1n) is 8.03. The summed E-state index contributed by atoms with van der Waals surface area (Å²) < 4.78 is 13.7. The third-order valence-electron chi connectivity index (χ3n) is 4.12. The molecule has 0 aromatic heterocycles. The van der Waals surface area contributed by atoms with Crippen LogP contribution in [0.4, 0.5) is 10.1 Å². The largest absolute Gasteiger partial charge is 0.393 e. The zero-order valence-electron chi connectivity index (χ0n) is 13.3. The number of hydrogen-bond acceptors (Lipinski definition) is 3. The van der Waals surface area contributed by atoms with Crippen LogP contribution < -0.4 is 10.2 Å². The maximum absolute atomic E-state index is 13.7. The lowest BCUT2D eigenvalue weighted by Crippen LogP contribution is -2.37. The van der Waals surface area contributed by atoms with E-state index in [2.05, 4.69) is 10.2 Å². The molecule has 1 unspecified atom stereocenters. The Morgan fingerprint density at radius 1 is 1.45 bits per heavy atom. The molecule has 22 heavy (non-hydrogen) atoms. The summed E-state index contributed by atoms with van der Waals surface area (Å²) in [4.78, 5) is 13.9. The van der Waals surface area contributed by atoms with E-state index in [9.17, 15) is 14.3 Å². The second kappa shape index (κ2) is 7.58. The van der Waals surface area contributed by atoms with Gasteiger partial charge in [0, 0.05) is 30.8 Å². The molecule has 5 heteroatoms. The topological polar surface area (TPSA) is 52.6 Å². The first-order chi connectivity index (χ1) is 10.5. The molecule has 1 saturated heterocycles. The van der Waals surface area contributed by atoms with Crippen molar-refractivity contribution >= 4 is 11.6 Å². The Hall–Kier alpha value is -1.62. The van der Waals surface area contributed by atoms with Crippen molar-refractivity contribution in [3.63, 3.8) is 0 Å². The summed E-state index contributed by atoms with van der Waals surface area (Å²) in [5.41, 5.74) is 1.73. The number of amides is 1. The van der Waals surface area contributed by atoms with Crippen molar-refractivity contribution in [3.05, 3.63) is 29.6 Å². The number of halogens is 1. The highest BCUT2D eigenvalue weighted by atomic mass is 19.1. The number of piperidine rings is 1. The average Bonchev–Trinajstić information content (AvgIpc) is 2.48. The number of aliphatic hydroxyl groups excluding tert-OH is 1. The highest BCUT2D eigenvalue weighted by Gasteiger charge is 2.22. The second-order valence-electron chi connectivity index (χ2n) is 5.96. The van der Waals surface area contributed by atoms with Crippen molar-refractivity contribution < 1.29 is 14.3 Å². The third kappa shape index (κ3) is 4.19. The van der Waals surface area contributed by atoms with Gasteiger partial charge in [-0.2, -0.15) is 0 Å². The van der Waals surface area contributed by atoms with E-state index in [4.69, 9.17) is 0 Å². The summed E-state index contributed by atoms with van der Waals surface area (Å²) in [5, 5.41) is 12.6. The standard InChI is InChI=1S/C17H25FN2O2/c1-3-4-17(22)19-12(2)15-11-13(18)5-6-16(15)20-9-7-14(21)8-10-20/h5-6,11-12,14,21H,3-4,7-10H2,1-2H3,(H,19,22). The van der Waals surface area contributed by atoms with Gasteiger partial charge < -0.3 is 15.3 Å². The van der Waals surface area contributed by atoms with E-state index >= 15 is 0 Å². The molecule has 2 N–H and O–H groups in total. The van der Waals surface area contributed by atoms with Crippen molar-refractivity contribution in [2.24, 2.45) is 0 Å². The first kappa shape index (κ1) is 16.7. The van der Waals surface area contributed by atoms with Crippen molar-refractivity contribution in [2.75, 3.05) is 18.0 Å². The number of aliphatic hydroxyl groups is 1. The minimum Gasteiger partial charge on any atom is -0.393 e. The number of nitrogens with zero attached hydrogens (tertiary/aromatic N) is 1. The van der Waals surface area contributed by atoms with E-state index in [1.165, 1.54) is 12.1 Å². The van der Waals surface area contributed by atoms with E-state index in [0.717, 1.165) is 30.8 Å². The van der Waals surface area contributed by atoms with E-state index in [1.807, 2.05) is 13.8 Å². The van der Waals surface area contributed by atoms with Crippen molar-refractivity contribution in [2.45, 2.75) is 51.7 Å². The molecule has 0 spiro atoms. The molecule has 1 aromatic carbocycles. The molecule has 4 nitrogen and oxygen atoms in total. The van der Waals surface area contributed by atoms with Gasteiger partial charge in [0.15, 0.2) is 0 Å². The lowest BCUT2D eigenvalue weighted by atomic mass is 10.0. The van der Waals surface area contributed by atoms with Gasteiger partial charge in [-0.1, -0.05) is 6.92 Å². The van der Waals surface area contributed by atoms with Gasteiger partial charge in [-0.25, -0.2) is 4.39 Å². The van der Waals surface area contributed by atoms with Gasteiger partial charge in [-0.3, -0.25) is 4.79 Å². The fourth-order valence-corrected chi connectivity index (χ4v) is 2.89. The van der Waals surface area contributed by atoms with E-state index in [0.29, 0.717) is 19.3 Å². The van der Waals surface area contributed by atoms with Gasteiger partial charge in [0.05, 0.1) is 12.1 Å². The molecule has 1 aliphatic rings. The number of anilines is 1. The molecule has 1 aromatic rings. The van der Waals surface area contributed by atoms with Crippen LogP contribution in [0.15, 0.2) is 18.2 Å². The lowest BCUT2D eigenvalue weighted by molar-refractivity contribution is -0.121. The maximum Gasteiger partial charge on any atom is 0.220 e. The van der Waals surface area contributed by atoms with Crippen LogP contribution in [0.1, 0.15) is 51.1 Å². The summed E-state index contributed by atoms with van der Waals surface area (Å²) in [7, 11) is 0. The molecule has 1 aliphatic heterocycles. The van der Waals surface area contributed by atoms with Crippen molar-refractivity contribution in [1.29, 1.82) is 0 Å². The Balaban J connectivity index is 2.18. The minimum absolute atomic E-state index is 0.0146. The molecular formula is C17H25FN2O2. The maximum atomic E-state index is 13.7. The molecule has 122 valence electrons. The molecule has 0 radical (unpaired) electrons. The van der Waals surface area contributed by atoms with Crippen LogP contribution in [-0.4, -0.2) is 30.2 Å². The van der Waals surface area contributed by atoms with Gasteiger partial charge in [-0.05, 0) is 44.4 Å². The van der Waals surface area contributed by atoms with E-state index < -0.39 is 0 Å². The number of nitrogens with one attached hydrogen (secondary N) is 1. The predicted octanol–water partition coefficient (Wildman–Crippen LogP) is 2.76. The monoisotopic (exact) mass is 308 g/mol. The number of carbonyl (C=O) groups is 1. The van der Waals surface area contributed by atoms with Crippen molar-refractivity contribution in [3.8, 4) is 0 Å².